The summed E-state index contributed by atoms with van der Waals surface area (Å²) in [4.78, 5) is 9.52. The first-order chi connectivity index (χ1) is 12.1. The SMILES string of the molecule is N#Cc1c(N2CCOCC2)nc(N)c2c(N)[nH+]c3c(c12)C[C@H](CCl)O3. The zero-order valence-electron chi connectivity index (χ0n) is 13.5. The predicted molar refractivity (Wildman–Crippen MR) is 93.7 cm³/mol. The number of alkyl halides is 1. The number of nitrogens with two attached hydrogens (primary N) is 2. The average molecular weight is 362 g/mol. The molecule has 2 aliphatic heterocycles. The van der Waals surface area contributed by atoms with E-state index in [1.54, 1.807) is 0 Å². The first-order valence-corrected chi connectivity index (χ1v) is 8.59. The van der Waals surface area contributed by atoms with Crippen molar-refractivity contribution in [2.75, 3.05) is 48.6 Å². The number of nitrogens with one attached hydrogen (secondary N) is 1. The van der Waals surface area contributed by atoms with Gasteiger partial charge in [-0.1, -0.05) is 0 Å². The number of hydrogen-bond donors (Lipinski definition) is 2. The number of anilines is 3. The molecule has 0 spiro atoms. The van der Waals surface area contributed by atoms with Crippen LogP contribution >= 0.6 is 11.6 Å². The summed E-state index contributed by atoms with van der Waals surface area (Å²) in [6.45, 7) is 2.49. The molecule has 9 heteroatoms. The second kappa shape index (κ2) is 6.10. The highest BCUT2D eigenvalue weighted by Crippen LogP contribution is 2.40. The molecule has 1 saturated heterocycles. The second-order valence-electron chi connectivity index (χ2n) is 6.10. The first kappa shape index (κ1) is 16.0. The van der Waals surface area contributed by atoms with E-state index in [2.05, 4.69) is 16.0 Å². The van der Waals surface area contributed by atoms with Crippen LogP contribution in [0.25, 0.3) is 10.8 Å². The number of nitrogen functional groups attached to an aromatic ring is 2. The van der Waals surface area contributed by atoms with Crippen molar-refractivity contribution in [2.45, 2.75) is 12.5 Å². The number of aromatic amines is 1. The lowest BCUT2D eigenvalue weighted by atomic mass is 9.99. The maximum Gasteiger partial charge on any atom is 0.286 e. The summed E-state index contributed by atoms with van der Waals surface area (Å²) in [5.74, 6) is 2.09. The lowest BCUT2D eigenvalue weighted by Crippen LogP contribution is -2.37. The number of morpholine rings is 1. The van der Waals surface area contributed by atoms with Gasteiger partial charge in [-0.05, 0) is 0 Å². The number of nitrogens with zero attached hydrogens (tertiary/aromatic N) is 3. The van der Waals surface area contributed by atoms with Crippen LogP contribution in [-0.4, -0.2) is 43.3 Å². The average Bonchev–Trinajstić information content (AvgIpc) is 3.05. The topological polar surface area (TPSA) is 125 Å². The largest absolute Gasteiger partial charge is 0.457 e. The summed E-state index contributed by atoms with van der Waals surface area (Å²) >= 11 is 5.95. The van der Waals surface area contributed by atoms with E-state index in [0.717, 1.165) is 5.56 Å². The highest BCUT2D eigenvalue weighted by Gasteiger charge is 2.33. The van der Waals surface area contributed by atoms with Crippen LogP contribution in [0, 0.1) is 11.3 Å². The van der Waals surface area contributed by atoms with E-state index in [1.165, 1.54) is 0 Å². The summed E-state index contributed by atoms with van der Waals surface area (Å²) in [5.41, 5.74) is 13.7. The van der Waals surface area contributed by atoms with Crippen LogP contribution < -0.4 is 26.1 Å². The third-order valence-corrected chi connectivity index (χ3v) is 4.95. The molecule has 0 aromatic carbocycles. The molecular weight excluding hydrogens is 344 g/mol. The van der Waals surface area contributed by atoms with Crippen LogP contribution in [0.1, 0.15) is 11.1 Å². The molecule has 4 heterocycles. The Bertz CT molecular complexity index is 891. The van der Waals surface area contributed by atoms with E-state index in [1.807, 2.05) is 4.90 Å². The molecule has 25 heavy (non-hydrogen) atoms. The Balaban J connectivity index is 2.00. The molecule has 130 valence electrons. The van der Waals surface area contributed by atoms with Crippen LogP contribution in [0.5, 0.6) is 5.88 Å². The molecule has 0 radical (unpaired) electrons. The second-order valence-corrected chi connectivity index (χ2v) is 6.41. The van der Waals surface area contributed by atoms with Crippen LogP contribution in [0.2, 0.25) is 0 Å². The Morgan fingerprint density at radius 3 is 2.76 bits per heavy atom. The van der Waals surface area contributed by atoms with Crippen molar-refractivity contribution >= 4 is 39.8 Å². The van der Waals surface area contributed by atoms with Crippen molar-refractivity contribution in [3.05, 3.63) is 11.1 Å². The molecule has 1 fully saturated rings. The fraction of sp³-hybridized carbons (Fsp3) is 0.438. The van der Waals surface area contributed by atoms with E-state index >= 15 is 0 Å². The summed E-state index contributed by atoms with van der Waals surface area (Å²) in [5, 5.41) is 11.1. The number of nitriles is 1. The van der Waals surface area contributed by atoms with Crippen molar-refractivity contribution in [3.63, 3.8) is 0 Å². The van der Waals surface area contributed by atoms with Gasteiger partial charge in [-0.15, -0.1) is 11.6 Å². The number of pyridine rings is 2. The minimum atomic E-state index is -0.161. The number of H-pyrrole nitrogens is 1. The summed E-state index contributed by atoms with van der Waals surface area (Å²) in [6, 6.07) is 2.29. The number of rotatable bonds is 2. The van der Waals surface area contributed by atoms with Crippen LogP contribution in [0.4, 0.5) is 17.5 Å². The highest BCUT2D eigenvalue weighted by atomic mass is 35.5. The van der Waals surface area contributed by atoms with Gasteiger partial charge in [0.1, 0.15) is 34.8 Å². The molecule has 2 aromatic rings. The number of hydrogen-bond acceptors (Lipinski definition) is 7. The Hall–Kier alpha value is -2.50. The maximum absolute atomic E-state index is 9.88. The van der Waals surface area contributed by atoms with Crippen molar-refractivity contribution in [1.29, 1.82) is 5.26 Å². The van der Waals surface area contributed by atoms with Crippen LogP contribution in [-0.2, 0) is 11.2 Å². The Kier molecular flexibility index (Phi) is 3.90. The fourth-order valence-corrected chi connectivity index (χ4v) is 3.64. The van der Waals surface area contributed by atoms with Gasteiger partial charge in [0.25, 0.3) is 11.7 Å². The molecule has 4 rings (SSSR count). The first-order valence-electron chi connectivity index (χ1n) is 8.06. The zero-order chi connectivity index (χ0) is 17.6. The predicted octanol–water partition coefficient (Wildman–Crippen LogP) is 0.464. The standard InChI is InChI=1S/C16H17ClN6O2/c17-6-8-5-9-11-10(7-18)15(23-1-3-24-4-2-23)21-13(19)12(11)14(20)22-16(9)25-8/h8H,1-6H2,(H2,19,21)(H2,20,22)/p+1/t8-/m1/s1. The third-order valence-electron chi connectivity index (χ3n) is 4.61. The number of halogens is 1. The highest BCUT2D eigenvalue weighted by molar-refractivity contribution is 6.18. The lowest BCUT2D eigenvalue weighted by Gasteiger charge is -2.29. The molecule has 0 saturated carbocycles. The van der Waals surface area contributed by atoms with Crippen molar-refractivity contribution in [1.82, 2.24) is 4.98 Å². The van der Waals surface area contributed by atoms with E-state index in [-0.39, 0.29) is 6.10 Å². The van der Waals surface area contributed by atoms with Crippen LogP contribution in [0.15, 0.2) is 0 Å². The van der Waals surface area contributed by atoms with Gasteiger partial charge in [0.15, 0.2) is 0 Å². The summed E-state index contributed by atoms with van der Waals surface area (Å²) in [7, 11) is 0. The number of aromatic nitrogens is 2. The molecule has 0 bridgehead atoms. The minimum Gasteiger partial charge on any atom is -0.457 e. The summed E-state index contributed by atoms with van der Waals surface area (Å²) < 4.78 is 11.2. The molecule has 0 amide bonds. The van der Waals surface area contributed by atoms with E-state index in [4.69, 9.17) is 32.5 Å². The molecule has 2 aromatic heterocycles. The van der Waals surface area contributed by atoms with Crippen LogP contribution in [0.3, 0.4) is 0 Å². The quantitative estimate of drug-likeness (QED) is 0.744. The molecule has 2 aliphatic rings. The minimum absolute atomic E-state index is 0.161. The van der Waals surface area contributed by atoms with E-state index < -0.39 is 0 Å². The molecule has 5 N–H and O–H groups in total. The molecular formula is C16H18ClN6O2+. The van der Waals surface area contributed by atoms with E-state index in [9.17, 15) is 5.26 Å². The molecule has 1 atom stereocenters. The van der Waals surface area contributed by atoms with Crippen molar-refractivity contribution < 1.29 is 14.5 Å². The molecule has 8 nitrogen and oxygen atoms in total. The van der Waals surface area contributed by atoms with Gasteiger partial charge >= 0.3 is 0 Å². The third kappa shape index (κ3) is 2.47. The van der Waals surface area contributed by atoms with Crippen molar-refractivity contribution in [3.8, 4) is 11.9 Å². The monoisotopic (exact) mass is 361 g/mol. The van der Waals surface area contributed by atoms with E-state index in [0.29, 0.717) is 78.3 Å². The van der Waals surface area contributed by atoms with Gasteiger partial charge in [0.05, 0.1) is 24.7 Å². The number of fused-ring (bicyclic) bond motifs is 3. The normalized spacial score (nSPS) is 19.5. The Morgan fingerprint density at radius 1 is 1.32 bits per heavy atom. The maximum atomic E-state index is 9.88. The molecule has 0 aliphatic carbocycles. The number of ether oxygens (including phenoxy) is 2. The fourth-order valence-electron chi connectivity index (χ4n) is 3.47. The summed E-state index contributed by atoms with van der Waals surface area (Å²) in [6.07, 6.45) is 0.429. The van der Waals surface area contributed by atoms with Gasteiger partial charge in [0.2, 0.25) is 0 Å². The van der Waals surface area contributed by atoms with Gasteiger partial charge in [-0.25, -0.2) is 9.97 Å². The smallest absolute Gasteiger partial charge is 0.286 e. The lowest BCUT2D eigenvalue weighted by molar-refractivity contribution is -0.375. The van der Waals surface area contributed by atoms with Gasteiger partial charge in [-0.2, -0.15) is 5.26 Å². The van der Waals surface area contributed by atoms with Crippen molar-refractivity contribution in [2.24, 2.45) is 0 Å². The molecule has 0 unspecified atom stereocenters. The van der Waals surface area contributed by atoms with Gasteiger partial charge < -0.3 is 20.1 Å². The Labute approximate surface area is 149 Å². The zero-order valence-corrected chi connectivity index (χ0v) is 14.3. The van der Waals surface area contributed by atoms with Gasteiger partial charge in [-0.3, -0.25) is 5.73 Å². The Morgan fingerprint density at radius 2 is 2.08 bits per heavy atom. The van der Waals surface area contributed by atoms with Gasteiger partial charge in [0, 0.05) is 24.9 Å².